The summed E-state index contributed by atoms with van der Waals surface area (Å²) in [5.74, 6) is -0.825. The molecule has 0 aliphatic carbocycles. The number of rotatable bonds is 2. The van der Waals surface area contributed by atoms with E-state index in [0.717, 1.165) is 6.54 Å². The first-order valence-corrected chi connectivity index (χ1v) is 5.00. The van der Waals surface area contributed by atoms with Crippen molar-refractivity contribution in [1.29, 1.82) is 0 Å². The van der Waals surface area contributed by atoms with Gasteiger partial charge in [-0.2, -0.15) is 4.39 Å². The van der Waals surface area contributed by atoms with E-state index in [0.29, 0.717) is 18.8 Å². The average Bonchev–Trinajstić information content (AvgIpc) is 2.33. The van der Waals surface area contributed by atoms with Crippen molar-refractivity contribution in [3.8, 4) is 0 Å². The molecule has 1 unspecified atom stereocenters. The molecule has 16 heavy (non-hydrogen) atoms. The van der Waals surface area contributed by atoms with Gasteiger partial charge in [-0.05, 0) is 12.1 Å². The van der Waals surface area contributed by atoms with E-state index >= 15 is 0 Å². The van der Waals surface area contributed by atoms with Crippen LogP contribution in [-0.2, 0) is 9.53 Å². The molecule has 1 aromatic rings. The predicted octanol–water partition coefficient (Wildman–Crippen LogP) is 0.148. The van der Waals surface area contributed by atoms with Crippen molar-refractivity contribution >= 4 is 11.6 Å². The fourth-order valence-corrected chi connectivity index (χ4v) is 1.41. The number of amides is 1. The molecule has 6 heteroatoms. The first kappa shape index (κ1) is 11.0. The van der Waals surface area contributed by atoms with Gasteiger partial charge in [-0.25, -0.2) is 4.98 Å². The van der Waals surface area contributed by atoms with E-state index in [9.17, 15) is 9.18 Å². The number of morpholine rings is 1. The summed E-state index contributed by atoms with van der Waals surface area (Å²) in [4.78, 5) is 15.1. The SMILES string of the molecule is O=C(Nc1ccc(F)nc1)C1CNCCO1. The Morgan fingerprint density at radius 3 is 3.12 bits per heavy atom. The maximum atomic E-state index is 12.5. The molecule has 1 aliphatic rings. The minimum absolute atomic E-state index is 0.249. The maximum absolute atomic E-state index is 12.5. The molecule has 0 spiro atoms. The highest BCUT2D eigenvalue weighted by molar-refractivity contribution is 5.94. The largest absolute Gasteiger partial charge is 0.366 e. The third-order valence-electron chi connectivity index (χ3n) is 2.21. The summed E-state index contributed by atoms with van der Waals surface area (Å²) >= 11 is 0. The number of halogens is 1. The number of hydrogen-bond acceptors (Lipinski definition) is 4. The number of hydrogen-bond donors (Lipinski definition) is 2. The van der Waals surface area contributed by atoms with Crippen molar-refractivity contribution < 1.29 is 13.9 Å². The van der Waals surface area contributed by atoms with Crippen molar-refractivity contribution in [3.63, 3.8) is 0 Å². The van der Waals surface area contributed by atoms with E-state index in [-0.39, 0.29) is 5.91 Å². The Bertz CT molecular complexity index is 363. The molecule has 2 N–H and O–H groups in total. The van der Waals surface area contributed by atoms with Crippen LogP contribution >= 0.6 is 0 Å². The van der Waals surface area contributed by atoms with E-state index in [2.05, 4.69) is 15.6 Å². The van der Waals surface area contributed by atoms with Crippen LogP contribution in [0.5, 0.6) is 0 Å². The second-order valence-corrected chi connectivity index (χ2v) is 3.42. The number of nitrogens with one attached hydrogen (secondary N) is 2. The number of aromatic nitrogens is 1. The quantitative estimate of drug-likeness (QED) is 0.703. The molecule has 86 valence electrons. The molecule has 0 bridgehead atoms. The van der Waals surface area contributed by atoms with Gasteiger partial charge in [-0.3, -0.25) is 4.79 Å². The van der Waals surface area contributed by atoms with Gasteiger partial charge in [0.25, 0.3) is 5.91 Å². The molecule has 1 saturated heterocycles. The lowest BCUT2D eigenvalue weighted by Gasteiger charge is -2.22. The van der Waals surface area contributed by atoms with Gasteiger partial charge in [0.1, 0.15) is 6.10 Å². The molecule has 1 aromatic heterocycles. The van der Waals surface area contributed by atoms with Crippen LogP contribution in [0.1, 0.15) is 0 Å². The molecule has 1 aliphatic heterocycles. The second-order valence-electron chi connectivity index (χ2n) is 3.42. The lowest BCUT2D eigenvalue weighted by atomic mass is 10.3. The summed E-state index contributed by atoms with van der Waals surface area (Å²) in [6.45, 7) is 1.75. The topological polar surface area (TPSA) is 63.2 Å². The van der Waals surface area contributed by atoms with Crippen molar-refractivity contribution in [3.05, 3.63) is 24.3 Å². The van der Waals surface area contributed by atoms with E-state index in [4.69, 9.17) is 4.74 Å². The summed E-state index contributed by atoms with van der Waals surface area (Å²) in [6.07, 6.45) is 0.766. The lowest BCUT2D eigenvalue weighted by Crippen LogP contribution is -2.45. The van der Waals surface area contributed by atoms with Crippen LogP contribution in [0, 0.1) is 5.95 Å². The van der Waals surface area contributed by atoms with Crippen LogP contribution in [0.15, 0.2) is 18.3 Å². The Kier molecular flexibility index (Phi) is 3.43. The Balaban J connectivity index is 1.93. The van der Waals surface area contributed by atoms with E-state index in [1.54, 1.807) is 0 Å². The van der Waals surface area contributed by atoms with Crippen molar-refractivity contribution in [2.45, 2.75) is 6.10 Å². The van der Waals surface area contributed by atoms with Gasteiger partial charge in [-0.15, -0.1) is 0 Å². The fraction of sp³-hybridized carbons (Fsp3) is 0.400. The number of ether oxygens (including phenoxy) is 1. The van der Waals surface area contributed by atoms with Crippen LogP contribution in [0.2, 0.25) is 0 Å². The first-order chi connectivity index (χ1) is 7.75. The molecule has 0 radical (unpaired) electrons. The van der Waals surface area contributed by atoms with Gasteiger partial charge in [0.2, 0.25) is 5.95 Å². The normalized spacial score (nSPS) is 20.4. The van der Waals surface area contributed by atoms with Crippen LogP contribution in [0.3, 0.4) is 0 Å². The smallest absolute Gasteiger partial charge is 0.254 e. The number of anilines is 1. The summed E-state index contributed by atoms with van der Waals surface area (Å²) in [6, 6.07) is 2.64. The van der Waals surface area contributed by atoms with Crippen LogP contribution in [-0.4, -0.2) is 36.7 Å². The van der Waals surface area contributed by atoms with E-state index in [1.807, 2.05) is 0 Å². The molecule has 1 fully saturated rings. The van der Waals surface area contributed by atoms with Crippen LogP contribution in [0.25, 0.3) is 0 Å². The monoisotopic (exact) mass is 225 g/mol. The highest BCUT2D eigenvalue weighted by atomic mass is 19.1. The Hall–Kier alpha value is -1.53. The number of carbonyl (C=O) groups excluding carboxylic acids is 1. The van der Waals surface area contributed by atoms with Gasteiger partial charge < -0.3 is 15.4 Å². The zero-order valence-electron chi connectivity index (χ0n) is 8.57. The predicted molar refractivity (Wildman–Crippen MR) is 55.4 cm³/mol. The zero-order valence-corrected chi connectivity index (χ0v) is 8.57. The minimum atomic E-state index is -0.575. The molecular weight excluding hydrogens is 213 g/mol. The first-order valence-electron chi connectivity index (χ1n) is 5.00. The summed E-state index contributed by atoms with van der Waals surface area (Å²) in [7, 11) is 0. The van der Waals surface area contributed by atoms with Crippen LogP contribution < -0.4 is 10.6 Å². The lowest BCUT2D eigenvalue weighted by molar-refractivity contribution is -0.128. The molecule has 0 aromatic carbocycles. The van der Waals surface area contributed by atoms with Gasteiger partial charge in [0.15, 0.2) is 0 Å². The third-order valence-corrected chi connectivity index (χ3v) is 2.21. The Labute approximate surface area is 92.0 Å². The Morgan fingerprint density at radius 1 is 1.62 bits per heavy atom. The molecule has 5 nitrogen and oxygen atoms in total. The maximum Gasteiger partial charge on any atom is 0.254 e. The van der Waals surface area contributed by atoms with Crippen molar-refractivity contribution in [2.75, 3.05) is 25.0 Å². The minimum Gasteiger partial charge on any atom is -0.366 e. The zero-order chi connectivity index (χ0) is 11.4. The highest BCUT2D eigenvalue weighted by Gasteiger charge is 2.21. The standard InChI is InChI=1S/C10H12FN3O2/c11-9-2-1-7(5-13-9)14-10(15)8-6-12-3-4-16-8/h1-2,5,8,12H,3-4,6H2,(H,14,15). The number of carbonyl (C=O) groups is 1. The van der Waals surface area contributed by atoms with Crippen molar-refractivity contribution in [2.24, 2.45) is 0 Å². The molecule has 0 saturated carbocycles. The molecular formula is C10H12FN3O2. The summed E-state index contributed by atoms with van der Waals surface area (Å²) in [5, 5.41) is 5.65. The molecule has 1 amide bonds. The average molecular weight is 225 g/mol. The summed E-state index contributed by atoms with van der Waals surface area (Å²) in [5.41, 5.74) is 0.459. The number of pyridine rings is 1. The van der Waals surface area contributed by atoms with E-state index < -0.39 is 12.1 Å². The Morgan fingerprint density at radius 2 is 2.50 bits per heavy atom. The third kappa shape index (κ3) is 2.74. The second kappa shape index (κ2) is 5.00. The molecule has 1 atom stereocenters. The van der Waals surface area contributed by atoms with Gasteiger partial charge in [-0.1, -0.05) is 0 Å². The van der Waals surface area contributed by atoms with Gasteiger partial charge in [0, 0.05) is 13.1 Å². The molecule has 2 heterocycles. The summed E-state index contributed by atoms with van der Waals surface area (Å²) < 4.78 is 17.8. The van der Waals surface area contributed by atoms with Crippen molar-refractivity contribution in [1.82, 2.24) is 10.3 Å². The molecule has 2 rings (SSSR count). The number of nitrogens with zero attached hydrogens (tertiary/aromatic N) is 1. The van der Waals surface area contributed by atoms with E-state index in [1.165, 1.54) is 18.3 Å². The highest BCUT2D eigenvalue weighted by Crippen LogP contribution is 2.07. The van der Waals surface area contributed by atoms with Gasteiger partial charge >= 0.3 is 0 Å². The fourth-order valence-electron chi connectivity index (χ4n) is 1.41. The van der Waals surface area contributed by atoms with Crippen LogP contribution in [0.4, 0.5) is 10.1 Å². The van der Waals surface area contributed by atoms with Gasteiger partial charge in [0.05, 0.1) is 18.5 Å².